The van der Waals surface area contributed by atoms with E-state index in [4.69, 9.17) is 5.73 Å². The predicted octanol–water partition coefficient (Wildman–Crippen LogP) is 3.47. The molecule has 3 N–H and O–H groups in total. The highest BCUT2D eigenvalue weighted by Crippen LogP contribution is 2.47. The van der Waals surface area contributed by atoms with Crippen LogP contribution in [0.3, 0.4) is 0 Å². The van der Waals surface area contributed by atoms with Gasteiger partial charge in [-0.15, -0.1) is 0 Å². The van der Waals surface area contributed by atoms with Gasteiger partial charge in [-0.1, -0.05) is 31.9 Å². The molecule has 1 saturated carbocycles. The van der Waals surface area contributed by atoms with Crippen molar-refractivity contribution in [1.82, 2.24) is 5.32 Å². The summed E-state index contributed by atoms with van der Waals surface area (Å²) in [5.41, 5.74) is 8.46. The van der Waals surface area contributed by atoms with Gasteiger partial charge >= 0.3 is 0 Å². The summed E-state index contributed by atoms with van der Waals surface area (Å²) in [6, 6.07) is 9.07. The van der Waals surface area contributed by atoms with Crippen molar-refractivity contribution in [2.45, 2.75) is 57.4 Å². The second-order valence-corrected chi connectivity index (χ2v) is 5.83. The molecule has 0 aliphatic heterocycles. The van der Waals surface area contributed by atoms with E-state index in [0.717, 1.165) is 12.2 Å². The van der Waals surface area contributed by atoms with E-state index < -0.39 is 0 Å². The summed E-state index contributed by atoms with van der Waals surface area (Å²) in [4.78, 5) is 0. The van der Waals surface area contributed by atoms with Crippen LogP contribution < -0.4 is 11.1 Å². The van der Waals surface area contributed by atoms with Crippen molar-refractivity contribution in [1.29, 1.82) is 0 Å². The van der Waals surface area contributed by atoms with Crippen LogP contribution in [0.25, 0.3) is 0 Å². The van der Waals surface area contributed by atoms with Crippen molar-refractivity contribution in [2.24, 2.45) is 0 Å². The van der Waals surface area contributed by atoms with E-state index in [2.05, 4.69) is 31.3 Å². The van der Waals surface area contributed by atoms with E-state index in [1.54, 1.807) is 0 Å². The van der Waals surface area contributed by atoms with Gasteiger partial charge in [0.2, 0.25) is 0 Å². The van der Waals surface area contributed by atoms with Crippen molar-refractivity contribution in [3.63, 3.8) is 0 Å². The van der Waals surface area contributed by atoms with Gasteiger partial charge in [0, 0.05) is 23.7 Å². The summed E-state index contributed by atoms with van der Waals surface area (Å²) >= 11 is 0. The average Bonchev–Trinajstić information content (AvgIpc) is 3.16. The maximum atomic E-state index is 5.75. The van der Waals surface area contributed by atoms with Crippen molar-refractivity contribution in [3.8, 4) is 0 Å². The number of nitrogen functional groups attached to an aromatic ring is 1. The molecule has 0 aromatic heterocycles. The fourth-order valence-corrected chi connectivity index (χ4v) is 2.54. The fourth-order valence-electron chi connectivity index (χ4n) is 2.54. The quantitative estimate of drug-likeness (QED) is 0.723. The number of nitrogens with two attached hydrogens (primary N) is 1. The van der Waals surface area contributed by atoms with Crippen LogP contribution in [0.4, 0.5) is 5.69 Å². The minimum absolute atomic E-state index is 0.397. The van der Waals surface area contributed by atoms with Crippen LogP contribution in [0.2, 0.25) is 0 Å². The molecule has 18 heavy (non-hydrogen) atoms. The summed E-state index contributed by atoms with van der Waals surface area (Å²) < 4.78 is 0. The molecule has 1 aromatic carbocycles. The summed E-state index contributed by atoms with van der Waals surface area (Å²) in [7, 11) is 0. The Bertz CT molecular complexity index is 365. The third kappa shape index (κ3) is 3.26. The first-order chi connectivity index (χ1) is 8.66. The second kappa shape index (κ2) is 5.75. The molecule has 0 heterocycles. The highest BCUT2D eigenvalue weighted by molar-refractivity contribution is 5.43. The molecule has 1 aromatic rings. The Hall–Kier alpha value is -1.02. The highest BCUT2D eigenvalue weighted by Gasteiger charge is 2.43. The molecule has 0 amide bonds. The van der Waals surface area contributed by atoms with Gasteiger partial charge in [0.15, 0.2) is 0 Å². The first kappa shape index (κ1) is 13.4. The lowest BCUT2D eigenvalue weighted by Gasteiger charge is -2.20. The van der Waals surface area contributed by atoms with E-state index in [1.807, 2.05) is 12.1 Å². The zero-order valence-corrected chi connectivity index (χ0v) is 11.7. The lowest BCUT2D eigenvalue weighted by Crippen LogP contribution is -2.33. The summed E-state index contributed by atoms with van der Waals surface area (Å²) in [5, 5.41) is 3.70. The summed E-state index contributed by atoms with van der Waals surface area (Å²) in [6.45, 7) is 5.67. The zero-order chi connectivity index (χ0) is 13.0. The molecule has 2 nitrogen and oxygen atoms in total. The lowest BCUT2D eigenvalue weighted by atomic mass is 9.95. The summed E-state index contributed by atoms with van der Waals surface area (Å²) in [5.74, 6) is 0. The Kier molecular flexibility index (Phi) is 4.28. The van der Waals surface area contributed by atoms with E-state index in [-0.39, 0.29) is 0 Å². The van der Waals surface area contributed by atoms with Gasteiger partial charge in [0.1, 0.15) is 0 Å². The Balaban J connectivity index is 1.86. The van der Waals surface area contributed by atoms with Crippen LogP contribution in [0.5, 0.6) is 0 Å². The van der Waals surface area contributed by atoms with E-state index >= 15 is 0 Å². The number of nitrogens with one attached hydrogen (secondary N) is 1. The first-order valence-electron chi connectivity index (χ1n) is 7.26. The Morgan fingerprint density at radius 1 is 1.28 bits per heavy atom. The molecule has 0 saturated heterocycles. The van der Waals surface area contributed by atoms with Gasteiger partial charge in [-0.05, 0) is 43.9 Å². The van der Waals surface area contributed by atoms with E-state index in [9.17, 15) is 0 Å². The molecule has 0 radical (unpaired) electrons. The highest BCUT2D eigenvalue weighted by atomic mass is 14.9. The molecule has 1 atom stereocenters. The fraction of sp³-hybridized carbons (Fsp3) is 0.625. The maximum absolute atomic E-state index is 5.75. The molecular weight excluding hydrogens is 220 g/mol. The van der Waals surface area contributed by atoms with E-state index in [1.165, 1.54) is 37.7 Å². The normalized spacial score (nSPS) is 18.6. The molecule has 0 spiro atoms. The number of hydrogen-bond donors (Lipinski definition) is 2. The first-order valence-corrected chi connectivity index (χ1v) is 7.26. The zero-order valence-electron chi connectivity index (χ0n) is 11.7. The van der Waals surface area contributed by atoms with Gasteiger partial charge in [-0.3, -0.25) is 0 Å². The molecule has 1 aliphatic carbocycles. The second-order valence-electron chi connectivity index (χ2n) is 5.83. The van der Waals surface area contributed by atoms with Crippen molar-refractivity contribution >= 4 is 5.69 Å². The van der Waals surface area contributed by atoms with Crippen molar-refractivity contribution < 1.29 is 0 Å². The van der Waals surface area contributed by atoms with Crippen molar-refractivity contribution in [2.75, 3.05) is 12.3 Å². The third-order valence-electron chi connectivity index (χ3n) is 4.16. The van der Waals surface area contributed by atoms with Gasteiger partial charge in [-0.2, -0.15) is 0 Å². The predicted molar refractivity (Wildman–Crippen MR) is 78.8 cm³/mol. The summed E-state index contributed by atoms with van der Waals surface area (Å²) in [6.07, 6.45) is 6.52. The van der Waals surface area contributed by atoms with Crippen LogP contribution >= 0.6 is 0 Å². The minimum Gasteiger partial charge on any atom is -0.399 e. The molecule has 100 valence electrons. The molecule has 1 unspecified atom stereocenters. The van der Waals surface area contributed by atoms with Gasteiger partial charge < -0.3 is 11.1 Å². The Morgan fingerprint density at radius 2 is 1.94 bits per heavy atom. The topological polar surface area (TPSA) is 38.0 Å². The minimum atomic E-state index is 0.397. The van der Waals surface area contributed by atoms with E-state index in [0.29, 0.717) is 11.5 Å². The number of hydrogen-bond acceptors (Lipinski definition) is 2. The standard InChI is InChI=1S/C16H26N2/c1-3-4-5-13(2)18-12-16(10-11-16)14-6-8-15(17)9-7-14/h6-9,13,18H,3-5,10-12,17H2,1-2H3. The van der Waals surface area contributed by atoms with Crippen molar-refractivity contribution in [3.05, 3.63) is 29.8 Å². The molecular formula is C16H26N2. The molecule has 2 rings (SSSR count). The molecule has 1 aliphatic rings. The third-order valence-corrected chi connectivity index (χ3v) is 4.16. The molecule has 2 heteroatoms. The van der Waals surface area contributed by atoms with Crippen LogP contribution in [0, 0.1) is 0 Å². The average molecular weight is 246 g/mol. The van der Waals surface area contributed by atoms with Gasteiger partial charge in [-0.25, -0.2) is 0 Å². The molecule has 1 fully saturated rings. The largest absolute Gasteiger partial charge is 0.399 e. The number of unbranched alkanes of at least 4 members (excludes halogenated alkanes) is 1. The van der Waals surface area contributed by atoms with Gasteiger partial charge in [0.25, 0.3) is 0 Å². The Labute approximate surface area is 111 Å². The smallest absolute Gasteiger partial charge is 0.0314 e. The van der Waals surface area contributed by atoms with Gasteiger partial charge in [0.05, 0.1) is 0 Å². The van der Waals surface area contributed by atoms with Crippen LogP contribution in [-0.2, 0) is 5.41 Å². The molecule has 0 bridgehead atoms. The maximum Gasteiger partial charge on any atom is 0.0314 e. The monoisotopic (exact) mass is 246 g/mol. The Morgan fingerprint density at radius 3 is 2.50 bits per heavy atom. The number of anilines is 1. The SMILES string of the molecule is CCCCC(C)NCC1(c2ccc(N)cc2)CC1. The lowest BCUT2D eigenvalue weighted by molar-refractivity contribution is 0.462. The van der Waals surface area contributed by atoms with Crippen LogP contribution in [0.15, 0.2) is 24.3 Å². The van der Waals surface area contributed by atoms with Crippen LogP contribution in [-0.4, -0.2) is 12.6 Å². The number of rotatable bonds is 7. The van der Waals surface area contributed by atoms with Crippen LogP contribution in [0.1, 0.15) is 51.5 Å². The number of benzene rings is 1.